The molecule has 0 heterocycles. The topological polar surface area (TPSA) is 73.6 Å². The zero-order valence-electron chi connectivity index (χ0n) is 12.7. The van der Waals surface area contributed by atoms with Gasteiger partial charge in [0.1, 0.15) is 5.75 Å². The van der Waals surface area contributed by atoms with Crippen molar-refractivity contribution in [2.45, 2.75) is 26.7 Å². The van der Waals surface area contributed by atoms with Crippen LogP contribution in [0.4, 0.5) is 5.69 Å². The first-order valence-corrected chi connectivity index (χ1v) is 6.74. The highest BCUT2D eigenvalue weighted by Gasteiger charge is 2.12. The van der Waals surface area contributed by atoms with Gasteiger partial charge >= 0.3 is 0 Å². The van der Waals surface area contributed by atoms with Crippen LogP contribution in [-0.2, 0) is 9.53 Å². The molecule has 0 saturated heterocycles. The van der Waals surface area contributed by atoms with Gasteiger partial charge in [0.05, 0.1) is 6.61 Å². The largest absolute Gasteiger partial charge is 0.483 e. The summed E-state index contributed by atoms with van der Waals surface area (Å²) in [5.74, 6) is 0.837. The number of hydrogen-bond donors (Lipinski definition) is 2. The quantitative estimate of drug-likeness (QED) is 0.590. The zero-order valence-corrected chi connectivity index (χ0v) is 12.7. The van der Waals surface area contributed by atoms with Crippen LogP contribution in [0.2, 0.25) is 0 Å². The number of methoxy groups -OCH3 is 1. The minimum Gasteiger partial charge on any atom is -0.483 e. The van der Waals surface area contributed by atoms with E-state index in [-0.39, 0.29) is 18.4 Å². The molecule has 3 N–H and O–H groups in total. The molecular weight excluding hydrogens is 256 g/mol. The van der Waals surface area contributed by atoms with Crippen molar-refractivity contribution >= 4 is 11.6 Å². The van der Waals surface area contributed by atoms with E-state index in [1.807, 2.05) is 19.1 Å². The summed E-state index contributed by atoms with van der Waals surface area (Å²) in [6.45, 7) is 7.02. The van der Waals surface area contributed by atoms with Crippen molar-refractivity contribution in [1.29, 1.82) is 0 Å². The van der Waals surface area contributed by atoms with Crippen molar-refractivity contribution < 1.29 is 14.3 Å². The van der Waals surface area contributed by atoms with Crippen molar-refractivity contribution in [1.82, 2.24) is 5.32 Å². The molecule has 0 aliphatic carbocycles. The molecular formula is C15H24N2O3. The van der Waals surface area contributed by atoms with Crippen LogP contribution in [-0.4, -0.2) is 32.8 Å². The van der Waals surface area contributed by atoms with Gasteiger partial charge in [0.25, 0.3) is 5.91 Å². The first-order chi connectivity index (χ1) is 9.45. The third kappa shape index (κ3) is 4.74. The van der Waals surface area contributed by atoms with Gasteiger partial charge in [0, 0.05) is 19.3 Å². The fraction of sp³-hybridized carbons (Fsp3) is 0.533. The molecule has 0 bridgehead atoms. The monoisotopic (exact) mass is 280 g/mol. The molecule has 0 aliphatic rings. The highest BCUT2D eigenvalue weighted by atomic mass is 16.5. The predicted molar refractivity (Wildman–Crippen MR) is 80.1 cm³/mol. The van der Waals surface area contributed by atoms with Crippen molar-refractivity contribution in [3.63, 3.8) is 0 Å². The molecule has 0 aromatic heterocycles. The van der Waals surface area contributed by atoms with Crippen LogP contribution in [0, 0.1) is 6.92 Å². The summed E-state index contributed by atoms with van der Waals surface area (Å²) in [5, 5.41) is 2.71. The second-order valence-corrected chi connectivity index (χ2v) is 5.03. The smallest absolute Gasteiger partial charge is 0.258 e. The number of carbonyl (C=O) groups excluding carboxylic acids is 1. The SMILES string of the molecule is COCCNC(=O)COc1cc(C)c(N)cc1C(C)C. The molecule has 5 nitrogen and oxygen atoms in total. The Bertz CT molecular complexity index is 459. The molecule has 0 spiro atoms. The minimum atomic E-state index is -0.161. The van der Waals surface area contributed by atoms with Crippen molar-refractivity contribution in [2.24, 2.45) is 0 Å². The molecule has 1 aromatic rings. The van der Waals surface area contributed by atoms with Crippen LogP contribution in [0.5, 0.6) is 5.75 Å². The highest BCUT2D eigenvalue weighted by Crippen LogP contribution is 2.30. The van der Waals surface area contributed by atoms with Crippen LogP contribution in [0.15, 0.2) is 12.1 Å². The molecule has 0 unspecified atom stereocenters. The standard InChI is InChI=1S/C15H24N2O3/c1-10(2)12-8-13(16)11(3)7-14(12)20-9-15(18)17-5-6-19-4/h7-8,10H,5-6,9,16H2,1-4H3,(H,17,18). The Morgan fingerprint density at radius 3 is 2.70 bits per heavy atom. The fourth-order valence-electron chi connectivity index (χ4n) is 1.78. The van der Waals surface area contributed by atoms with Gasteiger partial charge in [0.2, 0.25) is 0 Å². The van der Waals surface area contributed by atoms with Crippen LogP contribution >= 0.6 is 0 Å². The zero-order chi connectivity index (χ0) is 15.1. The van der Waals surface area contributed by atoms with E-state index in [0.29, 0.717) is 18.9 Å². The number of aryl methyl sites for hydroxylation is 1. The van der Waals surface area contributed by atoms with Crippen LogP contribution < -0.4 is 15.8 Å². The summed E-state index contributed by atoms with van der Waals surface area (Å²) in [5.41, 5.74) is 8.62. The van der Waals surface area contributed by atoms with E-state index in [4.69, 9.17) is 15.2 Å². The summed E-state index contributed by atoms with van der Waals surface area (Å²) < 4.78 is 10.5. The number of amides is 1. The Kier molecular flexibility index (Phi) is 6.31. The number of nitrogens with two attached hydrogens (primary N) is 1. The third-order valence-electron chi connectivity index (χ3n) is 3.01. The summed E-state index contributed by atoms with van der Waals surface area (Å²) >= 11 is 0. The van der Waals surface area contributed by atoms with Gasteiger partial charge < -0.3 is 20.5 Å². The number of nitrogen functional groups attached to an aromatic ring is 1. The minimum absolute atomic E-state index is 0.00715. The van der Waals surface area contributed by atoms with Gasteiger partial charge in [-0.05, 0) is 36.1 Å². The second-order valence-electron chi connectivity index (χ2n) is 5.03. The Hall–Kier alpha value is -1.75. The number of nitrogens with one attached hydrogen (secondary N) is 1. The lowest BCUT2D eigenvalue weighted by Gasteiger charge is -2.16. The van der Waals surface area contributed by atoms with E-state index in [1.165, 1.54) is 0 Å². The van der Waals surface area contributed by atoms with Gasteiger partial charge in [-0.25, -0.2) is 0 Å². The van der Waals surface area contributed by atoms with E-state index in [2.05, 4.69) is 19.2 Å². The number of carbonyl (C=O) groups is 1. The predicted octanol–water partition coefficient (Wildman–Crippen LogP) is 1.84. The van der Waals surface area contributed by atoms with Gasteiger partial charge in [-0.2, -0.15) is 0 Å². The van der Waals surface area contributed by atoms with Gasteiger partial charge in [0.15, 0.2) is 6.61 Å². The van der Waals surface area contributed by atoms with E-state index >= 15 is 0 Å². The number of hydrogen-bond acceptors (Lipinski definition) is 4. The van der Waals surface area contributed by atoms with Crippen molar-refractivity contribution in [3.05, 3.63) is 23.3 Å². The van der Waals surface area contributed by atoms with Crippen LogP contribution in [0.25, 0.3) is 0 Å². The van der Waals surface area contributed by atoms with Gasteiger partial charge in [-0.3, -0.25) is 4.79 Å². The summed E-state index contributed by atoms with van der Waals surface area (Å²) in [6, 6.07) is 3.80. The summed E-state index contributed by atoms with van der Waals surface area (Å²) in [6.07, 6.45) is 0. The second kappa shape index (κ2) is 7.75. The average Bonchev–Trinajstić information content (AvgIpc) is 2.39. The van der Waals surface area contributed by atoms with Crippen LogP contribution in [0.3, 0.4) is 0 Å². The molecule has 0 aliphatic heterocycles. The van der Waals surface area contributed by atoms with E-state index in [0.717, 1.165) is 16.8 Å². The maximum atomic E-state index is 11.6. The molecule has 0 radical (unpaired) electrons. The average molecular weight is 280 g/mol. The van der Waals surface area contributed by atoms with Crippen molar-refractivity contribution in [2.75, 3.05) is 32.6 Å². The van der Waals surface area contributed by atoms with Gasteiger partial charge in [-0.15, -0.1) is 0 Å². The molecule has 1 aromatic carbocycles. The Labute approximate surface area is 120 Å². The van der Waals surface area contributed by atoms with Crippen LogP contribution in [0.1, 0.15) is 30.9 Å². The molecule has 0 fully saturated rings. The van der Waals surface area contributed by atoms with E-state index in [1.54, 1.807) is 7.11 Å². The molecule has 1 amide bonds. The lowest BCUT2D eigenvalue weighted by molar-refractivity contribution is -0.123. The Morgan fingerprint density at radius 2 is 2.10 bits per heavy atom. The number of rotatable bonds is 7. The Balaban J connectivity index is 2.67. The fourth-order valence-corrected chi connectivity index (χ4v) is 1.78. The summed E-state index contributed by atoms with van der Waals surface area (Å²) in [4.78, 5) is 11.6. The maximum Gasteiger partial charge on any atom is 0.258 e. The summed E-state index contributed by atoms with van der Waals surface area (Å²) in [7, 11) is 1.59. The molecule has 112 valence electrons. The first-order valence-electron chi connectivity index (χ1n) is 6.74. The highest BCUT2D eigenvalue weighted by molar-refractivity contribution is 5.77. The molecule has 0 atom stereocenters. The van der Waals surface area contributed by atoms with E-state index < -0.39 is 0 Å². The number of ether oxygens (including phenoxy) is 2. The first kappa shape index (κ1) is 16.3. The van der Waals surface area contributed by atoms with E-state index in [9.17, 15) is 4.79 Å². The number of benzene rings is 1. The van der Waals surface area contributed by atoms with Gasteiger partial charge in [-0.1, -0.05) is 13.8 Å². The Morgan fingerprint density at radius 1 is 1.40 bits per heavy atom. The molecule has 20 heavy (non-hydrogen) atoms. The molecule has 0 saturated carbocycles. The lowest BCUT2D eigenvalue weighted by atomic mass is 9.99. The third-order valence-corrected chi connectivity index (χ3v) is 3.01. The maximum absolute atomic E-state index is 11.6. The normalized spacial score (nSPS) is 10.7. The molecule has 1 rings (SSSR count). The number of anilines is 1. The lowest BCUT2D eigenvalue weighted by Crippen LogP contribution is -2.31. The van der Waals surface area contributed by atoms with Crippen molar-refractivity contribution in [3.8, 4) is 5.75 Å². The molecule has 5 heteroatoms.